The van der Waals surface area contributed by atoms with Gasteiger partial charge in [0.25, 0.3) is 0 Å². The van der Waals surface area contributed by atoms with Crippen molar-refractivity contribution in [3.8, 4) is 0 Å². The number of fused-ring (bicyclic) bond motifs is 2. The lowest BCUT2D eigenvalue weighted by molar-refractivity contribution is 0.103. The maximum atomic E-state index is 13.0. The molecule has 14 heteroatoms. The van der Waals surface area contributed by atoms with E-state index in [4.69, 9.17) is 5.11 Å². The van der Waals surface area contributed by atoms with E-state index in [-0.39, 0.29) is 35.3 Å². The molecule has 7 aromatic rings. The standard InChI is InChI=1S/C31H36N4O3.C20H19N3O4/c36-30-32-28-17-7-8-18-29(28)35(30)27-16-10-20-34(31(37)38)26(21-27)15-9-19-33(22-24-11-3-1-4-12-24)23-25-13-5-2-6-14-25;24-18(13-5-2-1-3-6-13)15-7-4-8-16-17(15)23(19(25)21-16)14-9-11-22(12-10-14)20(26)27/h1-8,11-14,17-18,26-27H,9-10,15-16,19-23H2,(H,32,36)(H,37,38);1-8,14H,9-12H2,(H,21,25)(H,26,27)/t26-,27?;/m0./s1. The molecule has 9 rings (SSSR count). The minimum Gasteiger partial charge on any atom is -0.465 e. The molecule has 0 spiro atoms. The number of likely N-dealkylation sites (tertiary alicyclic amines) is 2. The van der Waals surface area contributed by atoms with Crippen LogP contribution in [0.4, 0.5) is 9.59 Å². The number of aromatic nitrogens is 4. The predicted molar refractivity (Wildman–Crippen MR) is 250 cm³/mol. The van der Waals surface area contributed by atoms with Crippen LogP contribution in [0.25, 0.3) is 22.1 Å². The summed E-state index contributed by atoms with van der Waals surface area (Å²) in [6.45, 7) is 3.80. The van der Waals surface area contributed by atoms with Gasteiger partial charge in [0, 0.05) is 62.0 Å². The highest BCUT2D eigenvalue weighted by molar-refractivity contribution is 6.15. The summed E-state index contributed by atoms with van der Waals surface area (Å²) in [5.41, 5.74) is 6.10. The smallest absolute Gasteiger partial charge is 0.407 e. The second-order valence-electron chi connectivity index (χ2n) is 17.0. The number of para-hydroxylation sites is 3. The molecule has 2 fully saturated rings. The van der Waals surface area contributed by atoms with Crippen molar-refractivity contribution in [1.82, 2.24) is 33.8 Å². The average molecular weight is 878 g/mol. The highest BCUT2D eigenvalue weighted by Gasteiger charge is 2.32. The van der Waals surface area contributed by atoms with Crippen LogP contribution in [0.15, 0.2) is 143 Å². The summed E-state index contributed by atoms with van der Waals surface area (Å²) in [6.07, 6.45) is 3.07. The van der Waals surface area contributed by atoms with Gasteiger partial charge in [-0.15, -0.1) is 0 Å². The van der Waals surface area contributed by atoms with Crippen molar-refractivity contribution in [2.75, 3.05) is 26.2 Å². The third kappa shape index (κ3) is 10.4. The van der Waals surface area contributed by atoms with E-state index in [1.807, 2.05) is 47.0 Å². The zero-order chi connectivity index (χ0) is 45.3. The molecule has 0 saturated carbocycles. The van der Waals surface area contributed by atoms with Crippen LogP contribution in [-0.2, 0) is 13.1 Å². The average Bonchev–Trinajstić information content (AvgIpc) is 3.76. The number of nitrogens with one attached hydrogen (secondary N) is 2. The van der Waals surface area contributed by atoms with E-state index in [1.165, 1.54) is 16.0 Å². The summed E-state index contributed by atoms with van der Waals surface area (Å²) in [5.74, 6) is -0.142. The number of ketones is 1. The number of hydrogen-bond donors (Lipinski definition) is 4. The van der Waals surface area contributed by atoms with Crippen LogP contribution in [-0.4, -0.2) is 94.2 Å². The van der Waals surface area contributed by atoms with Crippen LogP contribution in [0.1, 0.15) is 84.1 Å². The highest BCUT2D eigenvalue weighted by Crippen LogP contribution is 2.31. The number of amides is 2. The Bertz CT molecular complexity index is 2790. The largest absolute Gasteiger partial charge is 0.465 e. The normalized spacial score (nSPS) is 16.9. The molecule has 5 aromatic carbocycles. The van der Waals surface area contributed by atoms with E-state index in [1.54, 1.807) is 51.9 Å². The van der Waals surface area contributed by atoms with Crippen molar-refractivity contribution in [2.24, 2.45) is 0 Å². The Labute approximate surface area is 376 Å². The Balaban J connectivity index is 0.000000188. The van der Waals surface area contributed by atoms with Gasteiger partial charge in [-0.25, -0.2) is 19.2 Å². The second-order valence-corrected chi connectivity index (χ2v) is 17.0. The number of benzene rings is 5. The van der Waals surface area contributed by atoms with Crippen LogP contribution < -0.4 is 11.4 Å². The third-order valence-electron chi connectivity index (χ3n) is 12.8. The van der Waals surface area contributed by atoms with Crippen molar-refractivity contribution >= 4 is 40.0 Å². The quantitative estimate of drug-likeness (QED) is 0.0881. The Morgan fingerprint density at radius 2 is 1.20 bits per heavy atom. The predicted octanol–water partition coefficient (Wildman–Crippen LogP) is 8.76. The first-order chi connectivity index (χ1) is 31.6. The fraction of sp³-hybridized carbons (Fsp3) is 0.314. The van der Waals surface area contributed by atoms with Crippen molar-refractivity contribution in [3.63, 3.8) is 0 Å². The van der Waals surface area contributed by atoms with Crippen molar-refractivity contribution in [1.29, 1.82) is 0 Å². The van der Waals surface area contributed by atoms with Gasteiger partial charge in [-0.2, -0.15) is 0 Å². The first-order valence-corrected chi connectivity index (χ1v) is 22.4. The number of hydrogen-bond acceptors (Lipinski definition) is 6. The zero-order valence-corrected chi connectivity index (χ0v) is 36.3. The monoisotopic (exact) mass is 877 g/mol. The zero-order valence-electron chi connectivity index (χ0n) is 36.3. The third-order valence-corrected chi connectivity index (χ3v) is 12.8. The molecule has 2 aliphatic heterocycles. The molecule has 4 heterocycles. The molecule has 336 valence electrons. The maximum absolute atomic E-state index is 13.0. The molecule has 14 nitrogen and oxygen atoms in total. The van der Waals surface area contributed by atoms with E-state index >= 15 is 0 Å². The molecule has 4 N–H and O–H groups in total. The highest BCUT2D eigenvalue weighted by atomic mass is 16.4. The Morgan fingerprint density at radius 3 is 1.85 bits per heavy atom. The fourth-order valence-electron chi connectivity index (χ4n) is 9.66. The first kappa shape index (κ1) is 44.4. The van der Waals surface area contributed by atoms with Gasteiger partial charge < -0.3 is 30.0 Å². The molecule has 0 bridgehead atoms. The Hall–Kier alpha value is -7.19. The topological polar surface area (TPSA) is 177 Å². The number of piperidine rings is 1. The number of carbonyl (C=O) groups excluding carboxylic acids is 1. The van der Waals surface area contributed by atoms with Crippen LogP contribution in [0, 0.1) is 0 Å². The lowest BCUT2D eigenvalue weighted by Crippen LogP contribution is -2.40. The summed E-state index contributed by atoms with van der Waals surface area (Å²) >= 11 is 0. The van der Waals surface area contributed by atoms with Gasteiger partial charge in [-0.3, -0.25) is 18.8 Å². The van der Waals surface area contributed by atoms with Gasteiger partial charge >= 0.3 is 23.6 Å². The molecule has 2 amide bonds. The summed E-state index contributed by atoms with van der Waals surface area (Å²) < 4.78 is 3.48. The van der Waals surface area contributed by atoms with Crippen LogP contribution in [0.2, 0.25) is 0 Å². The lowest BCUT2D eigenvalue weighted by Gasteiger charge is -2.30. The summed E-state index contributed by atoms with van der Waals surface area (Å²) in [7, 11) is 0. The minimum atomic E-state index is -0.945. The molecule has 0 aliphatic carbocycles. The van der Waals surface area contributed by atoms with E-state index in [0.29, 0.717) is 61.1 Å². The number of aromatic amines is 2. The lowest BCUT2D eigenvalue weighted by atomic mass is 10.00. The van der Waals surface area contributed by atoms with Gasteiger partial charge in [-0.05, 0) is 86.9 Å². The van der Waals surface area contributed by atoms with Crippen molar-refractivity contribution in [2.45, 2.75) is 76.2 Å². The van der Waals surface area contributed by atoms with Crippen LogP contribution in [0.5, 0.6) is 0 Å². The molecule has 2 atom stereocenters. The van der Waals surface area contributed by atoms with Gasteiger partial charge in [0.1, 0.15) is 0 Å². The summed E-state index contributed by atoms with van der Waals surface area (Å²) in [6, 6.07) is 42.6. The van der Waals surface area contributed by atoms with Crippen molar-refractivity contribution in [3.05, 3.63) is 177 Å². The van der Waals surface area contributed by atoms with Crippen molar-refractivity contribution < 1.29 is 24.6 Å². The summed E-state index contributed by atoms with van der Waals surface area (Å²) in [4.78, 5) is 73.1. The molecule has 65 heavy (non-hydrogen) atoms. The number of carbonyl (C=O) groups is 3. The summed E-state index contributed by atoms with van der Waals surface area (Å²) in [5, 5.41) is 19.1. The minimum absolute atomic E-state index is 0.0299. The maximum Gasteiger partial charge on any atom is 0.407 e. The van der Waals surface area contributed by atoms with Gasteiger partial charge in [0.2, 0.25) is 0 Å². The fourth-order valence-corrected chi connectivity index (χ4v) is 9.66. The molecule has 2 aromatic heterocycles. The number of carboxylic acid groups (broad SMARTS) is 2. The number of nitrogens with zero attached hydrogens (tertiary/aromatic N) is 5. The van der Waals surface area contributed by atoms with Gasteiger partial charge in [0.05, 0.1) is 22.1 Å². The molecule has 0 radical (unpaired) electrons. The Kier molecular flexibility index (Phi) is 14.0. The van der Waals surface area contributed by atoms with E-state index in [2.05, 4.69) is 63.4 Å². The molecule has 1 unspecified atom stereocenters. The molecule has 2 saturated heterocycles. The molecule has 2 aliphatic rings. The first-order valence-electron chi connectivity index (χ1n) is 22.4. The Morgan fingerprint density at radius 1 is 0.615 bits per heavy atom. The number of H-pyrrole nitrogens is 2. The van der Waals surface area contributed by atoms with E-state index in [0.717, 1.165) is 56.4 Å². The van der Waals surface area contributed by atoms with E-state index < -0.39 is 12.2 Å². The van der Waals surface area contributed by atoms with Crippen LogP contribution >= 0.6 is 0 Å². The number of imidazole rings is 2. The SMILES string of the molecule is O=C(O)N1CCCC(n2c(=O)[nH]c3ccccc32)C[C@@H]1CCCN(Cc1ccccc1)Cc1ccccc1.O=C(c1ccccc1)c1cccc2[nH]c(=O)n(C3CCN(C(=O)O)CC3)c12. The van der Waals surface area contributed by atoms with E-state index in [9.17, 15) is 29.1 Å². The molecular formula is C51H55N7O7. The second kappa shape index (κ2) is 20.5. The van der Waals surface area contributed by atoms with Crippen LogP contribution in [0.3, 0.4) is 0 Å². The molecular weight excluding hydrogens is 823 g/mol. The number of rotatable bonds is 12. The van der Waals surface area contributed by atoms with Gasteiger partial charge in [0.15, 0.2) is 5.78 Å². The van der Waals surface area contributed by atoms with Gasteiger partial charge in [-0.1, -0.05) is 109 Å².